The van der Waals surface area contributed by atoms with E-state index in [1.807, 2.05) is 146 Å². The second kappa shape index (κ2) is 37.2. The Bertz CT molecular complexity index is 7240. The molecular formula is C109H63F12N9. The van der Waals surface area contributed by atoms with E-state index in [1.165, 1.54) is 16.3 Å². The topological polar surface area (TPSA) is 116 Å². The maximum absolute atomic E-state index is 14.1. The van der Waals surface area contributed by atoms with Gasteiger partial charge in [-0.1, -0.05) is 267 Å². The van der Waals surface area contributed by atoms with Crippen LogP contribution in [0.4, 0.5) is 52.7 Å². The molecule has 0 fully saturated rings. The van der Waals surface area contributed by atoms with Crippen LogP contribution in [0.25, 0.3) is 191 Å². The summed E-state index contributed by atoms with van der Waals surface area (Å²) in [5.74, 6) is -9.41. The van der Waals surface area contributed by atoms with E-state index in [-0.39, 0.29) is 85.8 Å². The van der Waals surface area contributed by atoms with Crippen LogP contribution in [0.3, 0.4) is 0 Å². The Morgan fingerprint density at radius 1 is 0.100 bits per heavy atom. The average molecular weight is 1730 g/mol. The van der Waals surface area contributed by atoms with Crippen molar-refractivity contribution in [2.24, 2.45) is 0 Å². The SMILES string of the molecule is Fc1cc(F)cc(-c2nc(-c3ccc(-c4ccc(-c5ccc(-c6ccccc6)cc5)cc4)cc3)nc(-c3cc(F)cc(F)c3)n2)c1.Fc1cc(F)cc(-c2nc(-c3ccc(-c4ccc(-c5ccc6ccccc6c5)cc4)cc3)nc(-c3cc(F)cc(F)c3)n2)c1.Fc1cc(F)cc(-c2nc(-c3ccc(-c4ccc(-c5ccccc5)cc4)cc3)nc(-c3cc(F)cc(F)c3)n2)c1. The monoisotopic (exact) mass is 1730 g/mol. The molecule has 0 unspecified atom stereocenters. The number of rotatable bonds is 16. The van der Waals surface area contributed by atoms with Crippen LogP contribution in [0.1, 0.15) is 0 Å². The molecular weight excluding hydrogens is 1660 g/mol. The molecule has 3 aromatic heterocycles. The molecule has 130 heavy (non-hydrogen) atoms. The molecule has 0 aliphatic heterocycles. The number of hydrogen-bond acceptors (Lipinski definition) is 9. The molecule has 20 rings (SSSR count). The van der Waals surface area contributed by atoms with Crippen molar-refractivity contribution in [3.8, 4) is 180 Å². The summed E-state index contributed by atoms with van der Waals surface area (Å²) >= 11 is 0. The minimum Gasteiger partial charge on any atom is -0.208 e. The second-order valence-corrected chi connectivity index (χ2v) is 30.2. The zero-order chi connectivity index (χ0) is 89.5. The van der Waals surface area contributed by atoms with Crippen LogP contribution >= 0.6 is 0 Å². The van der Waals surface area contributed by atoms with Gasteiger partial charge in [-0.2, -0.15) is 0 Å². The molecule has 628 valence electrons. The molecule has 0 amide bonds. The van der Waals surface area contributed by atoms with E-state index in [2.05, 4.69) is 172 Å². The molecule has 3 heterocycles. The van der Waals surface area contributed by atoms with Gasteiger partial charge in [0.2, 0.25) is 0 Å². The molecule has 0 saturated heterocycles. The summed E-state index contributed by atoms with van der Waals surface area (Å²) in [6, 6.07) is 108. The third-order valence-corrected chi connectivity index (χ3v) is 21.2. The normalized spacial score (nSPS) is 11.1. The van der Waals surface area contributed by atoms with Crippen molar-refractivity contribution in [1.29, 1.82) is 0 Å². The van der Waals surface area contributed by atoms with Gasteiger partial charge in [-0.15, -0.1) is 0 Å². The van der Waals surface area contributed by atoms with Crippen molar-refractivity contribution < 1.29 is 52.7 Å². The third kappa shape index (κ3) is 19.8. The van der Waals surface area contributed by atoms with Crippen LogP contribution in [0.15, 0.2) is 382 Å². The summed E-state index contributed by atoms with van der Waals surface area (Å²) in [6.07, 6.45) is 0. The van der Waals surface area contributed by atoms with Gasteiger partial charge in [-0.05, 0) is 168 Å². The van der Waals surface area contributed by atoms with Gasteiger partial charge in [0.1, 0.15) is 69.8 Å². The largest absolute Gasteiger partial charge is 0.208 e. The quantitative estimate of drug-likeness (QED) is 0.0872. The van der Waals surface area contributed by atoms with Gasteiger partial charge in [0.15, 0.2) is 52.4 Å². The fraction of sp³-hybridized carbons (Fsp3) is 0. The summed E-state index contributed by atoms with van der Waals surface area (Å²) < 4.78 is 168. The molecule has 17 aromatic carbocycles. The first-order chi connectivity index (χ1) is 63.2. The summed E-state index contributed by atoms with van der Waals surface area (Å²) in [6.45, 7) is 0. The Hall–Kier alpha value is -16.8. The van der Waals surface area contributed by atoms with Crippen LogP contribution < -0.4 is 0 Å². The molecule has 0 aliphatic rings. The first-order valence-electron chi connectivity index (χ1n) is 40.6. The molecule has 0 N–H and O–H groups in total. The number of nitrogens with zero attached hydrogens (tertiary/aromatic N) is 9. The summed E-state index contributed by atoms with van der Waals surface area (Å²) in [4.78, 5) is 39.5. The van der Waals surface area contributed by atoms with Gasteiger partial charge in [-0.25, -0.2) is 97.5 Å². The molecule has 0 atom stereocenters. The fourth-order valence-electron chi connectivity index (χ4n) is 14.9. The van der Waals surface area contributed by atoms with Crippen LogP contribution in [0.2, 0.25) is 0 Å². The molecule has 0 saturated carbocycles. The van der Waals surface area contributed by atoms with Crippen molar-refractivity contribution in [2.75, 3.05) is 0 Å². The maximum Gasteiger partial charge on any atom is 0.164 e. The van der Waals surface area contributed by atoms with Crippen LogP contribution in [-0.4, -0.2) is 44.9 Å². The van der Waals surface area contributed by atoms with Gasteiger partial charge >= 0.3 is 0 Å². The molecule has 0 radical (unpaired) electrons. The standard InChI is InChI=1S/C39H23F4N3.C37H21F4N3.C33H19F4N3/c40-33-18-31(19-34(41)22-33)38-44-37(45-39(46-38)32-20-35(42)23-36(43)21-32)30-16-14-29(15-17-30)28-12-10-27(11-13-28)26-8-6-25(7-9-26)24-4-2-1-3-5-24;38-31-16-29(17-32(39)20-31)36-42-35(43-37(44-36)30-18-33(40)21-34(41)19-30)26-12-9-24(10-13-26)23-5-7-25(8-6-23)28-14-11-22-3-1-2-4-27(22)15-28;34-27-14-25(15-28(35)18-27)32-38-31(39-33(40-32)26-16-29(36)19-30(37)17-26)24-12-10-23(11-13-24)22-8-6-21(7-9-22)20-4-2-1-3-5-20/h1-23H;1-21H;1-19H. The first kappa shape index (κ1) is 84.1. The highest BCUT2D eigenvalue weighted by Gasteiger charge is 2.22. The van der Waals surface area contributed by atoms with Gasteiger partial charge in [0.05, 0.1) is 0 Å². The zero-order valence-corrected chi connectivity index (χ0v) is 67.9. The number of fused-ring (bicyclic) bond motifs is 1. The lowest BCUT2D eigenvalue weighted by Gasteiger charge is -2.10. The third-order valence-electron chi connectivity index (χ3n) is 21.2. The summed E-state index contributed by atoms with van der Waals surface area (Å²) in [5, 5.41) is 2.37. The van der Waals surface area contributed by atoms with Crippen molar-refractivity contribution in [3.05, 3.63) is 452 Å². The molecule has 0 bridgehead atoms. The minimum atomic E-state index is -0.810. The Balaban J connectivity index is 0.000000132. The van der Waals surface area contributed by atoms with Crippen molar-refractivity contribution in [2.45, 2.75) is 0 Å². The van der Waals surface area contributed by atoms with Crippen molar-refractivity contribution in [1.82, 2.24) is 44.9 Å². The highest BCUT2D eigenvalue weighted by molar-refractivity contribution is 5.88. The van der Waals surface area contributed by atoms with Crippen LogP contribution in [0, 0.1) is 69.8 Å². The van der Waals surface area contributed by atoms with Gasteiger partial charge in [-0.3, -0.25) is 0 Å². The number of aromatic nitrogens is 9. The number of benzene rings is 17. The fourth-order valence-corrected chi connectivity index (χ4v) is 14.9. The Kier molecular flexibility index (Phi) is 24.0. The van der Waals surface area contributed by atoms with Crippen LogP contribution in [0.5, 0.6) is 0 Å². The molecule has 0 spiro atoms. The number of hydrogen-bond donors (Lipinski definition) is 0. The van der Waals surface area contributed by atoms with Gasteiger partial charge < -0.3 is 0 Å². The first-order valence-corrected chi connectivity index (χ1v) is 40.6. The maximum atomic E-state index is 14.1. The van der Waals surface area contributed by atoms with E-state index in [4.69, 9.17) is 0 Å². The lowest BCUT2D eigenvalue weighted by molar-refractivity contribution is 0.582. The van der Waals surface area contributed by atoms with Gasteiger partial charge in [0.25, 0.3) is 0 Å². The molecule has 9 nitrogen and oxygen atoms in total. The van der Waals surface area contributed by atoms with Crippen molar-refractivity contribution in [3.63, 3.8) is 0 Å². The molecule has 0 aliphatic carbocycles. The summed E-state index contributed by atoms with van der Waals surface area (Å²) in [7, 11) is 0. The van der Waals surface area contributed by atoms with E-state index < -0.39 is 69.8 Å². The van der Waals surface area contributed by atoms with E-state index >= 15 is 0 Å². The second-order valence-electron chi connectivity index (χ2n) is 30.2. The predicted octanol–water partition coefficient (Wildman–Crippen LogP) is 29.1. The average Bonchev–Trinajstić information content (AvgIpc) is 0.790. The van der Waals surface area contributed by atoms with Gasteiger partial charge in [0, 0.05) is 86.5 Å². The molecule has 20 aromatic rings. The Labute approximate surface area is 736 Å². The summed E-state index contributed by atoms with van der Waals surface area (Å²) in [5.41, 5.74) is 17.0. The number of halogens is 12. The highest BCUT2D eigenvalue weighted by Crippen LogP contribution is 2.37. The minimum absolute atomic E-state index is 0.0383. The highest BCUT2D eigenvalue weighted by atomic mass is 19.2. The lowest BCUT2D eigenvalue weighted by atomic mass is 9.98. The van der Waals surface area contributed by atoms with E-state index in [9.17, 15) is 52.7 Å². The Morgan fingerprint density at radius 3 is 0.431 bits per heavy atom. The lowest BCUT2D eigenvalue weighted by Crippen LogP contribution is -2.01. The Morgan fingerprint density at radius 2 is 0.238 bits per heavy atom. The smallest absolute Gasteiger partial charge is 0.164 e. The zero-order valence-electron chi connectivity index (χ0n) is 67.9. The van der Waals surface area contributed by atoms with Crippen LogP contribution in [-0.2, 0) is 0 Å². The van der Waals surface area contributed by atoms with E-state index in [0.29, 0.717) is 16.7 Å². The van der Waals surface area contributed by atoms with E-state index in [1.54, 1.807) is 0 Å². The predicted molar refractivity (Wildman–Crippen MR) is 483 cm³/mol. The molecule has 21 heteroatoms. The van der Waals surface area contributed by atoms with Crippen molar-refractivity contribution >= 4 is 10.8 Å². The van der Waals surface area contributed by atoms with E-state index in [0.717, 1.165) is 182 Å².